The fraction of sp³-hybridized carbons (Fsp3) is 0.174. The quantitative estimate of drug-likeness (QED) is 0.462. The first-order valence-electron chi connectivity index (χ1n) is 10.5. The van der Waals surface area contributed by atoms with Gasteiger partial charge in [0, 0.05) is 54.6 Å². The molecule has 0 radical (unpaired) electrons. The van der Waals surface area contributed by atoms with Gasteiger partial charge >= 0.3 is 0 Å². The molecule has 0 atom stereocenters. The SMILES string of the molecule is O=C(Nc1ccc(Nc2cc(N3CCOCC3)cnn2)cc1)c1cc(-c2cccnc2)on1. The van der Waals surface area contributed by atoms with Crippen LogP contribution in [0, 0.1) is 0 Å². The number of nitrogens with zero attached hydrogens (tertiary/aromatic N) is 5. The number of pyridine rings is 1. The van der Waals surface area contributed by atoms with Crippen molar-refractivity contribution >= 4 is 28.8 Å². The highest BCUT2D eigenvalue weighted by Crippen LogP contribution is 2.23. The molecule has 10 nitrogen and oxygen atoms in total. The molecule has 2 N–H and O–H groups in total. The number of morpholine rings is 1. The Bertz CT molecular complexity index is 1220. The number of amides is 1. The number of rotatable bonds is 6. The molecule has 0 bridgehead atoms. The standard InChI is InChI=1S/C23H21N7O3/c31-23(20-13-21(33-29-20)16-2-1-7-24-14-16)27-18-5-3-17(4-6-18)26-22-12-19(15-25-28-22)30-8-10-32-11-9-30/h1-7,12-15H,8-11H2,(H,26,28)(H,27,31). The molecule has 4 aromatic rings. The second kappa shape index (κ2) is 9.45. The number of benzene rings is 1. The summed E-state index contributed by atoms with van der Waals surface area (Å²) in [5.41, 5.74) is 3.39. The normalized spacial score (nSPS) is 13.5. The van der Waals surface area contributed by atoms with E-state index in [1.807, 2.05) is 24.3 Å². The molecular weight excluding hydrogens is 422 g/mol. The molecule has 10 heteroatoms. The molecule has 33 heavy (non-hydrogen) atoms. The lowest BCUT2D eigenvalue weighted by Crippen LogP contribution is -2.36. The predicted molar refractivity (Wildman–Crippen MR) is 122 cm³/mol. The van der Waals surface area contributed by atoms with Crippen molar-refractivity contribution in [1.29, 1.82) is 0 Å². The van der Waals surface area contributed by atoms with Crippen molar-refractivity contribution in [3.8, 4) is 11.3 Å². The van der Waals surface area contributed by atoms with Crippen molar-refractivity contribution in [3.05, 3.63) is 72.8 Å². The van der Waals surface area contributed by atoms with Crippen LogP contribution in [0.1, 0.15) is 10.5 Å². The van der Waals surface area contributed by atoms with Gasteiger partial charge < -0.3 is 24.8 Å². The second-order valence-electron chi connectivity index (χ2n) is 7.37. The van der Waals surface area contributed by atoms with Crippen molar-refractivity contribution in [3.63, 3.8) is 0 Å². The van der Waals surface area contributed by atoms with Crippen LogP contribution in [0.25, 0.3) is 11.3 Å². The molecule has 4 heterocycles. The van der Waals surface area contributed by atoms with Crippen LogP contribution in [0.4, 0.5) is 22.9 Å². The molecular formula is C23H21N7O3. The number of nitrogens with one attached hydrogen (secondary N) is 2. The molecule has 1 saturated heterocycles. The average molecular weight is 443 g/mol. The minimum Gasteiger partial charge on any atom is -0.378 e. The third-order valence-corrected chi connectivity index (χ3v) is 5.12. The van der Waals surface area contributed by atoms with E-state index in [1.165, 1.54) is 0 Å². The van der Waals surface area contributed by atoms with E-state index in [9.17, 15) is 4.79 Å². The van der Waals surface area contributed by atoms with Gasteiger partial charge in [0.05, 0.1) is 25.1 Å². The van der Waals surface area contributed by atoms with E-state index in [0.29, 0.717) is 30.5 Å². The van der Waals surface area contributed by atoms with Crippen LogP contribution in [-0.2, 0) is 4.74 Å². The molecule has 166 valence electrons. The van der Waals surface area contributed by atoms with Gasteiger partial charge in [0.15, 0.2) is 17.3 Å². The van der Waals surface area contributed by atoms with Crippen molar-refractivity contribution in [1.82, 2.24) is 20.3 Å². The van der Waals surface area contributed by atoms with Gasteiger partial charge in [-0.25, -0.2) is 0 Å². The van der Waals surface area contributed by atoms with E-state index in [4.69, 9.17) is 9.26 Å². The van der Waals surface area contributed by atoms with Gasteiger partial charge in [-0.3, -0.25) is 9.78 Å². The van der Waals surface area contributed by atoms with Crippen LogP contribution in [0.5, 0.6) is 0 Å². The lowest BCUT2D eigenvalue weighted by atomic mass is 10.2. The van der Waals surface area contributed by atoms with Crippen molar-refractivity contribution < 1.29 is 14.1 Å². The van der Waals surface area contributed by atoms with Gasteiger partial charge in [-0.1, -0.05) is 5.16 Å². The van der Waals surface area contributed by atoms with Crippen molar-refractivity contribution in [2.24, 2.45) is 0 Å². The van der Waals surface area contributed by atoms with E-state index in [-0.39, 0.29) is 11.6 Å². The zero-order valence-corrected chi connectivity index (χ0v) is 17.6. The lowest BCUT2D eigenvalue weighted by Gasteiger charge is -2.28. The molecule has 0 aliphatic carbocycles. The molecule has 5 rings (SSSR count). The van der Waals surface area contributed by atoms with Crippen molar-refractivity contribution in [2.75, 3.05) is 41.8 Å². The minimum atomic E-state index is -0.362. The Balaban J connectivity index is 1.21. The Kier molecular flexibility index (Phi) is 5.89. The third-order valence-electron chi connectivity index (χ3n) is 5.12. The third kappa shape index (κ3) is 4.96. The van der Waals surface area contributed by atoms with Gasteiger partial charge in [0.1, 0.15) is 0 Å². The molecule has 1 aliphatic heterocycles. The highest BCUT2D eigenvalue weighted by Gasteiger charge is 2.15. The molecule has 0 unspecified atom stereocenters. The predicted octanol–water partition coefficient (Wildman–Crippen LogP) is 3.36. The van der Waals surface area contributed by atoms with E-state index >= 15 is 0 Å². The summed E-state index contributed by atoms with van der Waals surface area (Å²) in [6, 6.07) is 14.5. The van der Waals surface area contributed by atoms with Gasteiger partial charge in [-0.2, -0.15) is 5.10 Å². The van der Waals surface area contributed by atoms with Gasteiger partial charge in [0.2, 0.25) is 0 Å². The van der Waals surface area contributed by atoms with Gasteiger partial charge in [-0.15, -0.1) is 5.10 Å². The molecule has 0 saturated carbocycles. The molecule has 1 aliphatic rings. The topological polar surface area (TPSA) is 118 Å². The molecule has 1 amide bonds. The van der Waals surface area contributed by atoms with E-state index in [0.717, 1.165) is 30.0 Å². The summed E-state index contributed by atoms with van der Waals surface area (Å²) in [5.74, 6) is 0.758. The maximum Gasteiger partial charge on any atom is 0.277 e. The second-order valence-corrected chi connectivity index (χ2v) is 7.37. The number of ether oxygens (including phenoxy) is 1. The smallest absolute Gasteiger partial charge is 0.277 e. The maximum absolute atomic E-state index is 12.5. The van der Waals surface area contributed by atoms with E-state index < -0.39 is 0 Å². The Morgan fingerprint density at radius 2 is 1.82 bits per heavy atom. The Hall–Kier alpha value is -4.31. The number of carbonyl (C=O) groups is 1. The van der Waals surface area contributed by atoms with Crippen LogP contribution in [0.2, 0.25) is 0 Å². The zero-order valence-electron chi connectivity index (χ0n) is 17.6. The van der Waals surface area contributed by atoms with Crippen LogP contribution in [0.3, 0.4) is 0 Å². The Morgan fingerprint density at radius 1 is 1.00 bits per heavy atom. The number of hydrogen-bond donors (Lipinski definition) is 2. The maximum atomic E-state index is 12.5. The minimum absolute atomic E-state index is 0.186. The number of hydrogen-bond acceptors (Lipinski definition) is 9. The fourth-order valence-electron chi connectivity index (χ4n) is 3.42. The van der Waals surface area contributed by atoms with E-state index in [1.54, 1.807) is 42.9 Å². The van der Waals surface area contributed by atoms with Crippen LogP contribution in [0.15, 0.2) is 71.6 Å². The molecule has 0 spiro atoms. The highest BCUT2D eigenvalue weighted by molar-refractivity contribution is 6.03. The van der Waals surface area contributed by atoms with Crippen molar-refractivity contribution in [2.45, 2.75) is 0 Å². The number of anilines is 4. The summed E-state index contributed by atoms with van der Waals surface area (Å²) in [4.78, 5) is 18.8. The van der Waals surface area contributed by atoms with Crippen LogP contribution < -0.4 is 15.5 Å². The first kappa shape index (κ1) is 20.6. The zero-order chi connectivity index (χ0) is 22.5. The summed E-state index contributed by atoms with van der Waals surface area (Å²) in [6.45, 7) is 3.07. The molecule has 1 fully saturated rings. The highest BCUT2D eigenvalue weighted by atomic mass is 16.5. The molecule has 1 aromatic carbocycles. The van der Waals surface area contributed by atoms with Crippen LogP contribution >= 0.6 is 0 Å². The Labute approximate surface area is 189 Å². The van der Waals surface area contributed by atoms with Crippen LogP contribution in [-0.4, -0.2) is 52.5 Å². The van der Waals surface area contributed by atoms with Gasteiger partial charge in [0.25, 0.3) is 5.91 Å². The summed E-state index contributed by atoms with van der Waals surface area (Å²) in [5, 5.41) is 18.2. The molecule has 3 aromatic heterocycles. The van der Waals surface area contributed by atoms with Gasteiger partial charge in [-0.05, 0) is 36.4 Å². The Morgan fingerprint density at radius 3 is 2.61 bits per heavy atom. The first-order chi connectivity index (χ1) is 16.2. The summed E-state index contributed by atoms with van der Waals surface area (Å²) < 4.78 is 10.7. The number of aromatic nitrogens is 4. The fourth-order valence-corrected chi connectivity index (χ4v) is 3.42. The summed E-state index contributed by atoms with van der Waals surface area (Å²) in [7, 11) is 0. The summed E-state index contributed by atoms with van der Waals surface area (Å²) in [6.07, 6.45) is 5.06. The number of carbonyl (C=O) groups excluding carboxylic acids is 1. The lowest BCUT2D eigenvalue weighted by molar-refractivity contribution is 0.101. The first-order valence-corrected chi connectivity index (χ1v) is 10.5. The largest absolute Gasteiger partial charge is 0.378 e. The average Bonchev–Trinajstić information content (AvgIpc) is 3.37. The monoisotopic (exact) mass is 443 g/mol. The summed E-state index contributed by atoms with van der Waals surface area (Å²) >= 11 is 0. The van der Waals surface area contributed by atoms with E-state index in [2.05, 4.69) is 35.9 Å².